The number of nitrogens with zero attached hydrogens (tertiary/aromatic N) is 1. The highest BCUT2D eigenvalue weighted by Gasteiger charge is 2.44. The van der Waals surface area contributed by atoms with Crippen LogP contribution in [0.3, 0.4) is 0 Å². The molecule has 3 unspecified atom stereocenters. The van der Waals surface area contributed by atoms with Crippen LogP contribution in [0.4, 0.5) is 13.2 Å². The van der Waals surface area contributed by atoms with Crippen LogP contribution >= 0.6 is 0 Å². The second kappa shape index (κ2) is 7.28. The summed E-state index contributed by atoms with van der Waals surface area (Å²) in [6.07, 6.45) is -3.15. The van der Waals surface area contributed by atoms with E-state index in [1.165, 1.54) is 28.8 Å². The standard InChI is InChI=1S/C26H24F3N/c1-17-22-13-14-30(16-18-5-3-2-4-6-18)25(17)24-15-20(9-12-23(22)24)19-7-10-21(11-8-19)26(27,28)29/h2-12,15,17,22,25H,13-14,16H2,1H3. The van der Waals surface area contributed by atoms with E-state index in [2.05, 4.69) is 54.3 Å². The molecule has 4 heteroatoms. The molecule has 154 valence electrons. The molecular formula is C26H24F3N. The molecule has 3 atom stereocenters. The predicted octanol–water partition coefficient (Wildman–Crippen LogP) is 7.05. The van der Waals surface area contributed by atoms with Gasteiger partial charge in [-0.05, 0) is 70.8 Å². The van der Waals surface area contributed by atoms with Crippen LogP contribution in [0.2, 0.25) is 0 Å². The highest BCUT2D eigenvalue weighted by Crippen LogP contribution is 2.53. The van der Waals surface area contributed by atoms with Crippen molar-refractivity contribution in [3.05, 3.63) is 95.1 Å². The second-order valence-electron chi connectivity index (χ2n) is 8.57. The maximum Gasteiger partial charge on any atom is 0.416 e. The molecule has 0 amide bonds. The smallest absolute Gasteiger partial charge is 0.292 e. The van der Waals surface area contributed by atoms with Gasteiger partial charge in [-0.2, -0.15) is 13.2 Å². The number of piperidine rings is 1. The van der Waals surface area contributed by atoms with Gasteiger partial charge in [0, 0.05) is 12.6 Å². The zero-order chi connectivity index (χ0) is 20.9. The van der Waals surface area contributed by atoms with Crippen LogP contribution < -0.4 is 0 Å². The third-order valence-corrected chi connectivity index (χ3v) is 6.83. The Hall–Kier alpha value is -2.59. The van der Waals surface area contributed by atoms with Gasteiger partial charge in [0.15, 0.2) is 0 Å². The quantitative estimate of drug-likeness (QED) is 0.449. The first-order chi connectivity index (χ1) is 14.4. The second-order valence-corrected chi connectivity index (χ2v) is 8.57. The van der Waals surface area contributed by atoms with Gasteiger partial charge in [-0.15, -0.1) is 0 Å². The first-order valence-electron chi connectivity index (χ1n) is 10.5. The molecule has 1 heterocycles. The van der Waals surface area contributed by atoms with E-state index in [0.29, 0.717) is 17.9 Å². The molecule has 0 spiro atoms. The number of likely N-dealkylation sites (tertiary alicyclic amines) is 1. The topological polar surface area (TPSA) is 3.24 Å². The molecule has 0 saturated carbocycles. The molecule has 2 bridgehead atoms. The molecule has 0 aromatic heterocycles. The van der Waals surface area contributed by atoms with E-state index in [-0.39, 0.29) is 0 Å². The van der Waals surface area contributed by atoms with E-state index >= 15 is 0 Å². The van der Waals surface area contributed by atoms with E-state index in [4.69, 9.17) is 0 Å². The largest absolute Gasteiger partial charge is 0.416 e. The molecule has 1 aliphatic carbocycles. The number of fused-ring (bicyclic) bond motifs is 5. The van der Waals surface area contributed by atoms with Crippen molar-refractivity contribution in [1.82, 2.24) is 4.90 Å². The highest BCUT2D eigenvalue weighted by molar-refractivity contribution is 5.66. The van der Waals surface area contributed by atoms with Gasteiger partial charge in [0.25, 0.3) is 0 Å². The van der Waals surface area contributed by atoms with Crippen LogP contribution in [-0.4, -0.2) is 11.4 Å². The lowest BCUT2D eigenvalue weighted by atomic mass is 9.85. The van der Waals surface area contributed by atoms with Crippen LogP contribution in [0.1, 0.15) is 47.6 Å². The van der Waals surface area contributed by atoms with Crippen molar-refractivity contribution in [2.45, 2.75) is 38.0 Å². The lowest BCUT2D eigenvalue weighted by Gasteiger charge is -2.38. The summed E-state index contributed by atoms with van der Waals surface area (Å²) in [5, 5.41) is 0. The van der Waals surface area contributed by atoms with Crippen molar-refractivity contribution >= 4 is 0 Å². The first-order valence-corrected chi connectivity index (χ1v) is 10.5. The Labute approximate surface area is 175 Å². The monoisotopic (exact) mass is 407 g/mol. The lowest BCUT2D eigenvalue weighted by Crippen LogP contribution is -2.36. The Balaban J connectivity index is 1.48. The van der Waals surface area contributed by atoms with Gasteiger partial charge >= 0.3 is 6.18 Å². The fourth-order valence-electron chi connectivity index (χ4n) is 5.37. The van der Waals surface area contributed by atoms with E-state index in [1.807, 2.05) is 6.07 Å². The number of rotatable bonds is 3. The summed E-state index contributed by atoms with van der Waals surface area (Å²) in [5.74, 6) is 1.11. The molecular weight excluding hydrogens is 383 g/mol. The number of hydrogen-bond donors (Lipinski definition) is 0. The molecule has 1 fully saturated rings. The Morgan fingerprint density at radius 3 is 2.27 bits per heavy atom. The van der Waals surface area contributed by atoms with Gasteiger partial charge in [0.1, 0.15) is 0 Å². The number of hydrogen-bond acceptors (Lipinski definition) is 1. The van der Waals surface area contributed by atoms with E-state index < -0.39 is 11.7 Å². The van der Waals surface area contributed by atoms with Crippen molar-refractivity contribution in [2.24, 2.45) is 5.92 Å². The summed E-state index contributed by atoms with van der Waals surface area (Å²) >= 11 is 0. The van der Waals surface area contributed by atoms with Gasteiger partial charge in [-0.1, -0.05) is 61.5 Å². The van der Waals surface area contributed by atoms with Gasteiger partial charge in [0.2, 0.25) is 0 Å². The lowest BCUT2D eigenvalue weighted by molar-refractivity contribution is -0.137. The maximum atomic E-state index is 12.9. The zero-order valence-electron chi connectivity index (χ0n) is 16.9. The SMILES string of the molecule is CC1C2CCN(Cc3ccccc3)C1c1cc(-c3ccc(C(F)(F)F)cc3)ccc12. The summed E-state index contributed by atoms with van der Waals surface area (Å²) in [5.41, 5.74) is 5.29. The van der Waals surface area contributed by atoms with Crippen LogP contribution in [-0.2, 0) is 12.7 Å². The van der Waals surface area contributed by atoms with Gasteiger partial charge in [0.05, 0.1) is 5.56 Å². The maximum absolute atomic E-state index is 12.9. The van der Waals surface area contributed by atoms with Crippen molar-refractivity contribution in [3.63, 3.8) is 0 Å². The highest BCUT2D eigenvalue weighted by atomic mass is 19.4. The normalized spacial score (nSPS) is 23.4. The van der Waals surface area contributed by atoms with Gasteiger partial charge in [-0.25, -0.2) is 0 Å². The van der Waals surface area contributed by atoms with Crippen molar-refractivity contribution in [3.8, 4) is 11.1 Å². The summed E-state index contributed by atoms with van der Waals surface area (Å²) in [4.78, 5) is 2.57. The van der Waals surface area contributed by atoms with Crippen LogP contribution in [0, 0.1) is 5.92 Å². The Morgan fingerprint density at radius 1 is 0.867 bits per heavy atom. The van der Waals surface area contributed by atoms with Crippen LogP contribution in [0.5, 0.6) is 0 Å². The minimum Gasteiger partial charge on any atom is -0.292 e. The molecule has 1 aliphatic heterocycles. The molecule has 3 aromatic rings. The third kappa shape index (κ3) is 3.33. The van der Waals surface area contributed by atoms with E-state index in [0.717, 1.165) is 30.6 Å². The summed E-state index contributed by atoms with van der Waals surface area (Å²) < 4.78 is 38.7. The minimum absolute atomic E-state index is 0.355. The molecule has 30 heavy (non-hydrogen) atoms. The summed E-state index contributed by atoms with van der Waals surface area (Å²) in [7, 11) is 0. The average molecular weight is 407 g/mol. The first kappa shape index (κ1) is 19.4. The molecule has 0 radical (unpaired) electrons. The van der Waals surface area contributed by atoms with E-state index in [9.17, 15) is 13.2 Å². The molecule has 2 aliphatic rings. The summed E-state index contributed by atoms with van der Waals surface area (Å²) in [6, 6.07) is 22.9. The zero-order valence-corrected chi connectivity index (χ0v) is 16.9. The van der Waals surface area contributed by atoms with Crippen molar-refractivity contribution in [1.29, 1.82) is 0 Å². The van der Waals surface area contributed by atoms with Gasteiger partial charge < -0.3 is 0 Å². The predicted molar refractivity (Wildman–Crippen MR) is 113 cm³/mol. The third-order valence-electron chi connectivity index (χ3n) is 6.83. The van der Waals surface area contributed by atoms with Crippen molar-refractivity contribution < 1.29 is 13.2 Å². The van der Waals surface area contributed by atoms with Crippen molar-refractivity contribution in [2.75, 3.05) is 6.54 Å². The molecule has 1 nitrogen and oxygen atoms in total. The molecule has 1 saturated heterocycles. The molecule has 0 N–H and O–H groups in total. The number of halogens is 3. The Morgan fingerprint density at radius 2 is 1.57 bits per heavy atom. The minimum atomic E-state index is -4.30. The molecule has 3 aromatic carbocycles. The van der Waals surface area contributed by atoms with Crippen LogP contribution in [0.25, 0.3) is 11.1 Å². The molecule has 5 rings (SSSR count). The van der Waals surface area contributed by atoms with Gasteiger partial charge in [-0.3, -0.25) is 4.90 Å². The number of alkyl halides is 3. The number of benzene rings is 3. The van der Waals surface area contributed by atoms with E-state index in [1.54, 1.807) is 12.1 Å². The fraction of sp³-hybridized carbons (Fsp3) is 0.308. The van der Waals surface area contributed by atoms with Crippen LogP contribution in [0.15, 0.2) is 72.8 Å². The fourth-order valence-corrected chi connectivity index (χ4v) is 5.37. The summed E-state index contributed by atoms with van der Waals surface area (Å²) in [6.45, 7) is 4.33. The Bertz CT molecular complexity index is 1040. The average Bonchev–Trinajstić information content (AvgIpc) is 2.91. The Kier molecular flexibility index (Phi) is 4.70.